The molecular formula is C38H60N2O10. The maximum absolute atomic E-state index is 14.2. The molecule has 282 valence electrons. The average Bonchev–Trinajstić information content (AvgIpc) is 3.04. The number of nitrogens with zero attached hydrogens (tertiary/aromatic N) is 2. The van der Waals surface area contributed by atoms with E-state index < -0.39 is 59.8 Å². The van der Waals surface area contributed by atoms with Crippen LogP contribution in [-0.2, 0) is 44.5 Å². The number of esters is 2. The highest BCUT2D eigenvalue weighted by molar-refractivity contribution is 5.90. The Bertz CT molecular complexity index is 1270. The quantitative estimate of drug-likeness (QED) is 0.152. The molecule has 12 heteroatoms. The summed E-state index contributed by atoms with van der Waals surface area (Å²) in [6.45, 7) is 15.7. The van der Waals surface area contributed by atoms with Crippen LogP contribution in [0, 0.1) is 11.8 Å². The first-order valence-corrected chi connectivity index (χ1v) is 17.8. The maximum Gasteiger partial charge on any atom is 0.410 e. The normalized spacial score (nSPS) is 16.2. The van der Waals surface area contributed by atoms with Crippen molar-refractivity contribution in [3.05, 3.63) is 35.4 Å². The van der Waals surface area contributed by atoms with E-state index in [1.54, 1.807) is 20.8 Å². The molecule has 1 heterocycles. The Morgan fingerprint density at radius 2 is 1.40 bits per heavy atom. The van der Waals surface area contributed by atoms with Crippen molar-refractivity contribution in [2.24, 2.45) is 11.8 Å². The summed E-state index contributed by atoms with van der Waals surface area (Å²) in [7, 11) is 2.90. The number of carbonyl (C=O) groups excluding carboxylic acids is 4. The van der Waals surface area contributed by atoms with E-state index in [1.807, 2.05) is 39.8 Å². The van der Waals surface area contributed by atoms with Crippen molar-refractivity contribution in [1.82, 2.24) is 9.80 Å². The van der Waals surface area contributed by atoms with Gasteiger partial charge >= 0.3 is 24.0 Å². The molecular weight excluding hydrogens is 644 g/mol. The molecule has 1 aliphatic heterocycles. The third-order valence-corrected chi connectivity index (χ3v) is 8.76. The van der Waals surface area contributed by atoms with Crippen LogP contribution in [-0.4, -0.2) is 102 Å². The number of amides is 2. The van der Waals surface area contributed by atoms with Crippen LogP contribution in [0.2, 0.25) is 0 Å². The molecule has 2 rings (SSSR count). The van der Waals surface area contributed by atoms with Crippen LogP contribution < -0.4 is 0 Å². The van der Waals surface area contributed by atoms with Crippen molar-refractivity contribution in [2.45, 2.75) is 136 Å². The molecule has 1 aromatic rings. The first-order chi connectivity index (χ1) is 23.3. The Labute approximate surface area is 298 Å². The standard InChI is InChI=1S/C38H60N2O10/c1-24(2)11-17-30(35(44)48-26(5)34(42)43)39(9)33(41)32(18-14-27-12-15-28(16-13-27)29-19-21-47-22-20-29)49-36(45)31(23-25(3)4)40(10)37(46)50-38(6,7)8/h12-13,15-16,24-26,29-32H,11,14,17-23H2,1-10H3,(H,42,43)/t26-,30+,31+,32-/m1/s1. The minimum Gasteiger partial charge on any atom is -0.479 e. The highest BCUT2D eigenvalue weighted by Gasteiger charge is 2.38. The van der Waals surface area contributed by atoms with E-state index in [0.717, 1.165) is 31.6 Å². The molecule has 2 amide bonds. The van der Waals surface area contributed by atoms with E-state index in [2.05, 4.69) is 12.1 Å². The molecule has 1 fully saturated rings. The van der Waals surface area contributed by atoms with Crippen LogP contribution in [0.15, 0.2) is 24.3 Å². The second-order valence-electron chi connectivity index (χ2n) is 15.2. The lowest BCUT2D eigenvalue weighted by molar-refractivity contribution is -0.172. The first-order valence-electron chi connectivity index (χ1n) is 17.8. The highest BCUT2D eigenvalue weighted by atomic mass is 16.6. The Hall–Kier alpha value is -3.67. The summed E-state index contributed by atoms with van der Waals surface area (Å²) in [5.74, 6) is -2.96. The van der Waals surface area contributed by atoms with E-state index in [9.17, 15) is 29.1 Å². The Morgan fingerprint density at radius 3 is 1.92 bits per heavy atom. The van der Waals surface area contributed by atoms with Crippen LogP contribution in [0.4, 0.5) is 4.79 Å². The molecule has 0 saturated carbocycles. The lowest BCUT2D eigenvalue weighted by atomic mass is 9.90. The minimum atomic E-state index is -1.41. The molecule has 0 bridgehead atoms. The van der Waals surface area contributed by atoms with E-state index in [0.29, 0.717) is 18.8 Å². The van der Waals surface area contributed by atoms with Gasteiger partial charge in [-0.3, -0.25) is 9.69 Å². The van der Waals surface area contributed by atoms with Crippen molar-refractivity contribution in [1.29, 1.82) is 0 Å². The zero-order chi connectivity index (χ0) is 37.8. The molecule has 1 aliphatic rings. The van der Waals surface area contributed by atoms with Gasteiger partial charge in [0.15, 0.2) is 12.2 Å². The van der Waals surface area contributed by atoms with Crippen LogP contribution >= 0.6 is 0 Å². The van der Waals surface area contributed by atoms with Gasteiger partial charge in [0.1, 0.15) is 17.7 Å². The zero-order valence-corrected chi connectivity index (χ0v) is 31.7. The molecule has 0 spiro atoms. The molecule has 1 saturated heterocycles. The number of carboxylic acids is 1. The second-order valence-corrected chi connectivity index (χ2v) is 15.2. The maximum atomic E-state index is 14.2. The van der Waals surface area contributed by atoms with Crippen molar-refractivity contribution < 1.29 is 48.0 Å². The van der Waals surface area contributed by atoms with Gasteiger partial charge in [0.2, 0.25) is 0 Å². The van der Waals surface area contributed by atoms with Crippen LogP contribution in [0.25, 0.3) is 0 Å². The van der Waals surface area contributed by atoms with Crippen LogP contribution in [0.3, 0.4) is 0 Å². The topological polar surface area (TPSA) is 149 Å². The van der Waals surface area contributed by atoms with Gasteiger partial charge in [-0.2, -0.15) is 0 Å². The fourth-order valence-electron chi connectivity index (χ4n) is 5.70. The number of rotatable bonds is 17. The van der Waals surface area contributed by atoms with Crippen molar-refractivity contribution in [2.75, 3.05) is 27.3 Å². The van der Waals surface area contributed by atoms with Crippen molar-refractivity contribution >= 4 is 29.9 Å². The molecule has 0 radical (unpaired) electrons. The molecule has 0 aromatic heterocycles. The smallest absolute Gasteiger partial charge is 0.410 e. The van der Waals surface area contributed by atoms with Crippen molar-refractivity contribution in [3.8, 4) is 0 Å². The molecule has 12 nitrogen and oxygen atoms in total. The third kappa shape index (κ3) is 13.9. The average molecular weight is 705 g/mol. The summed E-state index contributed by atoms with van der Waals surface area (Å²) in [6, 6.07) is 6.02. The van der Waals surface area contributed by atoms with E-state index in [-0.39, 0.29) is 31.1 Å². The largest absolute Gasteiger partial charge is 0.479 e. The molecule has 1 N–H and O–H groups in total. The Kier molecular flexibility index (Phi) is 16.7. The number of benzene rings is 1. The number of carbonyl (C=O) groups is 5. The van der Waals surface area contributed by atoms with Gasteiger partial charge in [-0.25, -0.2) is 19.2 Å². The fraction of sp³-hybridized carbons (Fsp3) is 0.711. The lowest BCUT2D eigenvalue weighted by Crippen LogP contribution is -2.51. The summed E-state index contributed by atoms with van der Waals surface area (Å²) in [6.07, 6.45) is 0.0205. The molecule has 4 atom stereocenters. The summed E-state index contributed by atoms with van der Waals surface area (Å²) in [5.41, 5.74) is 1.37. The van der Waals surface area contributed by atoms with Gasteiger partial charge in [-0.1, -0.05) is 52.0 Å². The van der Waals surface area contributed by atoms with Crippen LogP contribution in [0.5, 0.6) is 0 Å². The number of carboxylic acid groups (broad SMARTS) is 1. The van der Waals surface area contributed by atoms with E-state index in [1.165, 1.54) is 36.4 Å². The van der Waals surface area contributed by atoms with Crippen molar-refractivity contribution in [3.63, 3.8) is 0 Å². The zero-order valence-electron chi connectivity index (χ0n) is 31.7. The number of ether oxygens (including phenoxy) is 4. The van der Waals surface area contributed by atoms with Gasteiger partial charge in [-0.15, -0.1) is 0 Å². The van der Waals surface area contributed by atoms with Gasteiger partial charge in [0.25, 0.3) is 5.91 Å². The molecule has 1 aromatic carbocycles. The first kappa shape index (κ1) is 42.5. The monoisotopic (exact) mass is 704 g/mol. The highest BCUT2D eigenvalue weighted by Crippen LogP contribution is 2.27. The summed E-state index contributed by atoms with van der Waals surface area (Å²) < 4.78 is 22.2. The predicted octanol–water partition coefficient (Wildman–Crippen LogP) is 5.99. The van der Waals surface area contributed by atoms with Gasteiger partial charge in [0.05, 0.1) is 0 Å². The predicted molar refractivity (Wildman–Crippen MR) is 188 cm³/mol. The molecule has 0 unspecified atom stereocenters. The van der Waals surface area contributed by atoms with Gasteiger partial charge in [-0.05, 0) is 102 Å². The molecule has 0 aliphatic carbocycles. The number of aryl methyl sites for hydroxylation is 1. The summed E-state index contributed by atoms with van der Waals surface area (Å²) >= 11 is 0. The SMILES string of the molecule is CC(C)CC[C@@H](C(=O)O[C@H](C)C(=O)O)N(C)C(=O)[C@@H](CCc1ccc(C2CCOCC2)cc1)OC(=O)[C@H](CC(C)C)N(C)C(=O)OC(C)(C)C. The van der Waals surface area contributed by atoms with Gasteiger partial charge < -0.3 is 29.0 Å². The minimum absolute atomic E-state index is 0.00471. The summed E-state index contributed by atoms with van der Waals surface area (Å²) in [5, 5.41) is 9.34. The lowest BCUT2D eigenvalue weighted by Gasteiger charge is -2.33. The Morgan fingerprint density at radius 1 is 0.820 bits per heavy atom. The number of aliphatic carboxylic acids is 1. The molecule has 50 heavy (non-hydrogen) atoms. The second kappa shape index (κ2) is 19.7. The van der Waals surface area contributed by atoms with E-state index in [4.69, 9.17) is 18.9 Å². The summed E-state index contributed by atoms with van der Waals surface area (Å²) in [4.78, 5) is 68.2. The van der Waals surface area contributed by atoms with E-state index >= 15 is 0 Å². The third-order valence-electron chi connectivity index (χ3n) is 8.76. The Balaban J connectivity index is 2.41. The van der Waals surface area contributed by atoms with Gasteiger partial charge in [0, 0.05) is 27.3 Å². The number of hydrogen-bond acceptors (Lipinski definition) is 9. The number of likely N-dealkylation sites (N-methyl/N-ethyl adjacent to an activating group) is 2. The van der Waals surface area contributed by atoms with Crippen LogP contribution in [0.1, 0.15) is 111 Å². The number of hydrogen-bond donors (Lipinski definition) is 1. The fourth-order valence-corrected chi connectivity index (χ4v) is 5.70.